The first-order valence-electron chi connectivity index (χ1n) is 9.61. The van der Waals surface area contributed by atoms with Gasteiger partial charge < -0.3 is 19.5 Å². The first-order valence-corrected chi connectivity index (χ1v) is 9.61. The van der Waals surface area contributed by atoms with E-state index in [1.807, 2.05) is 4.90 Å². The smallest absolute Gasteiger partial charge is 0.341 e. The zero-order chi connectivity index (χ0) is 21.4. The summed E-state index contributed by atoms with van der Waals surface area (Å²) in [5.74, 6) is -2.47. The van der Waals surface area contributed by atoms with E-state index in [9.17, 15) is 23.5 Å². The number of fused-ring (bicyclic) bond motifs is 1. The highest BCUT2D eigenvalue weighted by Gasteiger charge is 2.23. The van der Waals surface area contributed by atoms with E-state index < -0.39 is 28.6 Å². The Morgan fingerprint density at radius 1 is 1.13 bits per heavy atom. The molecule has 1 N–H and O–H groups in total. The number of carboxylic acid groups (broad SMARTS) is 1. The topological polar surface area (TPSA) is 78.7 Å². The van der Waals surface area contributed by atoms with Crippen molar-refractivity contribution < 1.29 is 18.7 Å². The summed E-state index contributed by atoms with van der Waals surface area (Å²) in [6, 6.07) is 6.35. The zero-order valence-corrected chi connectivity index (χ0v) is 16.3. The molecule has 1 aliphatic heterocycles. The Bertz CT molecular complexity index is 1170. The van der Waals surface area contributed by atoms with Gasteiger partial charge in [-0.15, -0.1) is 0 Å². The highest BCUT2D eigenvalue weighted by Crippen LogP contribution is 2.24. The van der Waals surface area contributed by atoms with Crippen LogP contribution in [0.25, 0.3) is 16.7 Å². The molecule has 0 radical (unpaired) electrons. The van der Waals surface area contributed by atoms with Gasteiger partial charge in [0.2, 0.25) is 5.43 Å². The Hall–Kier alpha value is -3.33. The Kier molecular flexibility index (Phi) is 5.21. The highest BCUT2D eigenvalue weighted by atomic mass is 19.1. The molecule has 1 aliphatic rings. The van der Waals surface area contributed by atoms with Crippen LogP contribution in [0.5, 0.6) is 0 Å². The molecule has 3 aromatic rings. The fourth-order valence-electron chi connectivity index (χ4n) is 3.66. The molecule has 9 heteroatoms. The molecular formula is C21H20F2N4O3. The fourth-order valence-corrected chi connectivity index (χ4v) is 3.66. The average molecular weight is 414 g/mol. The molecule has 0 aliphatic carbocycles. The molecule has 0 atom stereocenters. The number of likely N-dealkylation sites (N-methyl/N-ethyl adjacent to an activating group) is 1. The fraction of sp³-hybridized carbons (Fsp3) is 0.286. The van der Waals surface area contributed by atoms with Crippen molar-refractivity contribution in [1.82, 2.24) is 14.5 Å². The zero-order valence-electron chi connectivity index (χ0n) is 16.3. The monoisotopic (exact) mass is 414 g/mol. The van der Waals surface area contributed by atoms with Gasteiger partial charge in [-0.05, 0) is 36.9 Å². The van der Waals surface area contributed by atoms with Gasteiger partial charge in [0.15, 0.2) is 17.3 Å². The van der Waals surface area contributed by atoms with Gasteiger partial charge in [0, 0.05) is 38.1 Å². The van der Waals surface area contributed by atoms with Crippen molar-refractivity contribution in [3.05, 3.63) is 63.9 Å². The lowest BCUT2D eigenvalue weighted by molar-refractivity contribution is 0.0695. The lowest BCUT2D eigenvalue weighted by Gasteiger charge is -2.35. The van der Waals surface area contributed by atoms with Crippen molar-refractivity contribution in [2.45, 2.75) is 6.92 Å². The van der Waals surface area contributed by atoms with Gasteiger partial charge in [0.1, 0.15) is 11.4 Å². The van der Waals surface area contributed by atoms with Crippen LogP contribution in [0.1, 0.15) is 17.3 Å². The van der Waals surface area contributed by atoms with E-state index in [1.54, 1.807) is 0 Å². The number of nitrogens with zero attached hydrogens (tertiary/aromatic N) is 4. The van der Waals surface area contributed by atoms with Crippen molar-refractivity contribution in [3.63, 3.8) is 0 Å². The number of carboxylic acids is 1. The molecule has 0 unspecified atom stereocenters. The van der Waals surface area contributed by atoms with Crippen LogP contribution in [-0.4, -0.2) is 58.3 Å². The molecule has 156 valence electrons. The van der Waals surface area contributed by atoms with Crippen molar-refractivity contribution in [2.24, 2.45) is 0 Å². The van der Waals surface area contributed by atoms with Crippen LogP contribution in [0.3, 0.4) is 0 Å². The second-order valence-electron chi connectivity index (χ2n) is 7.11. The second-order valence-corrected chi connectivity index (χ2v) is 7.11. The molecule has 1 aromatic carbocycles. The summed E-state index contributed by atoms with van der Waals surface area (Å²) in [5.41, 5.74) is -0.808. The molecule has 7 nitrogen and oxygen atoms in total. The van der Waals surface area contributed by atoms with E-state index in [0.29, 0.717) is 18.8 Å². The van der Waals surface area contributed by atoms with Crippen molar-refractivity contribution in [3.8, 4) is 5.69 Å². The van der Waals surface area contributed by atoms with Crippen molar-refractivity contribution in [2.75, 3.05) is 37.6 Å². The predicted octanol–water partition coefficient (Wildman–Crippen LogP) is 2.50. The molecule has 0 saturated carbocycles. The van der Waals surface area contributed by atoms with E-state index in [-0.39, 0.29) is 16.9 Å². The minimum absolute atomic E-state index is 0.108. The van der Waals surface area contributed by atoms with E-state index in [0.717, 1.165) is 31.9 Å². The number of halogens is 2. The van der Waals surface area contributed by atoms with Crippen LogP contribution in [0.2, 0.25) is 0 Å². The lowest BCUT2D eigenvalue weighted by Crippen LogP contribution is -2.46. The molecule has 0 amide bonds. The summed E-state index contributed by atoms with van der Waals surface area (Å²) in [6.45, 7) is 5.65. The second kappa shape index (κ2) is 7.83. The highest BCUT2D eigenvalue weighted by molar-refractivity contribution is 5.92. The number of hydrogen-bond donors (Lipinski definition) is 1. The SMILES string of the molecule is CCN1CCN(c2nc3c(cc2F)c(=O)c(C(=O)O)cn3-c2ccc(F)cc2)CC1. The normalized spacial score (nSPS) is 15.0. The van der Waals surface area contributed by atoms with Crippen LogP contribution >= 0.6 is 0 Å². The third-order valence-corrected chi connectivity index (χ3v) is 5.37. The summed E-state index contributed by atoms with van der Waals surface area (Å²) in [6.07, 6.45) is 1.14. The van der Waals surface area contributed by atoms with Crippen molar-refractivity contribution >= 4 is 22.8 Å². The minimum atomic E-state index is -1.43. The number of piperazine rings is 1. The van der Waals surface area contributed by atoms with Gasteiger partial charge in [-0.3, -0.25) is 4.79 Å². The molecular weight excluding hydrogens is 394 g/mol. The minimum Gasteiger partial charge on any atom is -0.477 e. The number of carbonyl (C=O) groups is 1. The first-order chi connectivity index (χ1) is 14.4. The van der Waals surface area contributed by atoms with Gasteiger partial charge in [-0.1, -0.05) is 6.92 Å². The molecule has 3 heterocycles. The maximum absolute atomic E-state index is 14.9. The first kappa shape index (κ1) is 20.0. The number of aromatic nitrogens is 2. The van der Waals surface area contributed by atoms with Crippen molar-refractivity contribution in [1.29, 1.82) is 0 Å². The Labute approximate surface area is 170 Å². The van der Waals surface area contributed by atoms with E-state index >= 15 is 0 Å². The largest absolute Gasteiger partial charge is 0.477 e. The molecule has 30 heavy (non-hydrogen) atoms. The molecule has 1 saturated heterocycles. The molecule has 1 fully saturated rings. The number of rotatable bonds is 4. The number of pyridine rings is 2. The van der Waals surface area contributed by atoms with Gasteiger partial charge in [-0.25, -0.2) is 18.6 Å². The number of hydrogen-bond acceptors (Lipinski definition) is 5. The summed E-state index contributed by atoms with van der Waals surface area (Å²) in [7, 11) is 0. The standard InChI is InChI=1S/C21H20F2N4O3/c1-2-25-7-9-26(10-8-25)20-17(23)11-15-18(28)16(21(29)30)12-27(19(15)24-20)14-5-3-13(22)4-6-14/h3-6,11-12H,2,7-10H2,1H3,(H,29,30). The summed E-state index contributed by atoms with van der Waals surface area (Å²) in [4.78, 5) is 32.7. The van der Waals surface area contributed by atoms with E-state index in [1.165, 1.54) is 28.8 Å². The quantitative estimate of drug-likeness (QED) is 0.707. The molecule has 0 bridgehead atoms. The Morgan fingerprint density at radius 2 is 1.80 bits per heavy atom. The summed E-state index contributed by atoms with van der Waals surface area (Å²) >= 11 is 0. The third-order valence-electron chi connectivity index (χ3n) is 5.37. The lowest BCUT2D eigenvalue weighted by atomic mass is 10.1. The molecule has 4 rings (SSSR count). The Morgan fingerprint density at radius 3 is 2.40 bits per heavy atom. The number of benzene rings is 1. The van der Waals surface area contributed by atoms with Crippen LogP contribution < -0.4 is 10.3 Å². The maximum atomic E-state index is 14.9. The van der Waals surface area contributed by atoms with Gasteiger partial charge in [0.25, 0.3) is 0 Å². The third kappa shape index (κ3) is 3.52. The molecule has 0 spiro atoms. The van der Waals surface area contributed by atoms with Crippen LogP contribution in [-0.2, 0) is 0 Å². The number of aromatic carboxylic acids is 1. The van der Waals surface area contributed by atoms with E-state index in [4.69, 9.17) is 0 Å². The van der Waals surface area contributed by atoms with E-state index in [2.05, 4.69) is 16.8 Å². The Balaban J connectivity index is 1.92. The van der Waals surface area contributed by atoms with Crippen LogP contribution in [0.4, 0.5) is 14.6 Å². The predicted molar refractivity (Wildman–Crippen MR) is 109 cm³/mol. The average Bonchev–Trinajstić information content (AvgIpc) is 2.74. The maximum Gasteiger partial charge on any atom is 0.341 e. The van der Waals surface area contributed by atoms with Gasteiger partial charge in [-0.2, -0.15) is 0 Å². The number of anilines is 1. The van der Waals surface area contributed by atoms with Gasteiger partial charge >= 0.3 is 5.97 Å². The van der Waals surface area contributed by atoms with Crippen LogP contribution in [0.15, 0.2) is 41.3 Å². The van der Waals surface area contributed by atoms with Gasteiger partial charge in [0.05, 0.1) is 5.39 Å². The summed E-state index contributed by atoms with van der Waals surface area (Å²) in [5, 5.41) is 9.27. The summed E-state index contributed by atoms with van der Waals surface area (Å²) < 4.78 is 29.7. The van der Waals surface area contributed by atoms with Crippen LogP contribution in [0, 0.1) is 11.6 Å². The molecule has 2 aromatic heterocycles.